The molecule has 2 rings (SSSR count). The second-order valence-corrected chi connectivity index (χ2v) is 5.23. The van der Waals surface area contributed by atoms with Crippen molar-refractivity contribution in [2.24, 2.45) is 0 Å². The number of carbonyl (C=O) groups is 1. The molecule has 0 fully saturated rings. The molecule has 4 nitrogen and oxygen atoms in total. The summed E-state index contributed by atoms with van der Waals surface area (Å²) in [6, 6.07) is 11.0. The van der Waals surface area contributed by atoms with E-state index in [1.54, 1.807) is 18.2 Å². The molecule has 23 heavy (non-hydrogen) atoms. The molecule has 0 saturated heterocycles. The highest BCUT2D eigenvalue weighted by atomic mass is 19.1. The van der Waals surface area contributed by atoms with E-state index < -0.39 is 11.9 Å². The Labute approximate surface area is 134 Å². The fourth-order valence-electron chi connectivity index (χ4n) is 2.24. The van der Waals surface area contributed by atoms with E-state index in [1.165, 1.54) is 18.2 Å². The first-order chi connectivity index (χ1) is 11.0. The Morgan fingerprint density at radius 2 is 2.09 bits per heavy atom. The number of hydrogen-bond acceptors (Lipinski definition) is 3. The summed E-state index contributed by atoms with van der Waals surface area (Å²) in [5, 5.41) is 12.8. The molecule has 2 N–H and O–H groups in total. The lowest BCUT2D eigenvalue weighted by Crippen LogP contribution is -2.16. The van der Waals surface area contributed by atoms with Crippen LogP contribution in [0.2, 0.25) is 0 Å². The van der Waals surface area contributed by atoms with Crippen LogP contribution in [0, 0.1) is 12.7 Å². The molecule has 0 aliphatic rings. The number of halogens is 1. The molecule has 0 bridgehead atoms. The molecule has 2 aromatic carbocycles. The quantitative estimate of drug-likeness (QED) is 0.856. The number of ether oxygens (including phenoxy) is 1. The van der Waals surface area contributed by atoms with Crippen molar-refractivity contribution >= 4 is 11.6 Å². The molecule has 2 aromatic rings. The monoisotopic (exact) mass is 317 g/mol. The van der Waals surface area contributed by atoms with Gasteiger partial charge in [-0.1, -0.05) is 12.1 Å². The number of anilines is 1. The highest BCUT2D eigenvalue weighted by Crippen LogP contribution is 2.23. The minimum Gasteiger partial charge on any atom is -0.494 e. The van der Waals surface area contributed by atoms with Crippen LogP contribution >= 0.6 is 0 Å². The number of rotatable bonds is 6. The number of nitrogens with one attached hydrogen (secondary N) is 1. The van der Waals surface area contributed by atoms with Crippen LogP contribution in [0.25, 0.3) is 0 Å². The second-order valence-electron chi connectivity index (χ2n) is 5.23. The number of carbonyl (C=O) groups excluding carboxylic acids is 1. The van der Waals surface area contributed by atoms with E-state index in [0.29, 0.717) is 17.9 Å². The van der Waals surface area contributed by atoms with Gasteiger partial charge < -0.3 is 15.2 Å². The minimum atomic E-state index is -1.05. The van der Waals surface area contributed by atoms with E-state index in [9.17, 15) is 14.3 Å². The summed E-state index contributed by atoms with van der Waals surface area (Å²) in [6.07, 6.45) is -1.19. The molecule has 0 aliphatic carbocycles. The average molecular weight is 317 g/mol. The molecular weight excluding hydrogens is 297 g/mol. The number of aryl methyl sites for hydroxylation is 1. The van der Waals surface area contributed by atoms with E-state index in [0.717, 1.165) is 11.3 Å². The number of hydrogen-bond donors (Lipinski definition) is 2. The van der Waals surface area contributed by atoms with Gasteiger partial charge >= 0.3 is 0 Å². The van der Waals surface area contributed by atoms with Gasteiger partial charge in [0.15, 0.2) is 0 Å². The molecule has 0 saturated carbocycles. The summed E-state index contributed by atoms with van der Waals surface area (Å²) in [4.78, 5) is 12.0. The molecule has 0 heterocycles. The van der Waals surface area contributed by atoms with Crippen molar-refractivity contribution in [3.8, 4) is 5.75 Å². The SMILES string of the molecule is CCOc1ccc(NC(=O)CC(O)c2cccc(F)c2)c(C)c1. The predicted molar refractivity (Wildman–Crippen MR) is 87.0 cm³/mol. The zero-order chi connectivity index (χ0) is 16.8. The molecule has 5 heteroatoms. The zero-order valence-electron chi connectivity index (χ0n) is 13.2. The van der Waals surface area contributed by atoms with Crippen LogP contribution in [-0.4, -0.2) is 17.6 Å². The molecule has 0 aromatic heterocycles. The van der Waals surface area contributed by atoms with Gasteiger partial charge in [-0.15, -0.1) is 0 Å². The molecule has 0 spiro atoms. The first kappa shape index (κ1) is 17.0. The van der Waals surface area contributed by atoms with Crippen LogP contribution in [0.3, 0.4) is 0 Å². The molecule has 1 atom stereocenters. The minimum absolute atomic E-state index is 0.143. The number of aliphatic hydroxyl groups excluding tert-OH is 1. The largest absolute Gasteiger partial charge is 0.494 e. The summed E-state index contributed by atoms with van der Waals surface area (Å²) >= 11 is 0. The van der Waals surface area contributed by atoms with E-state index in [2.05, 4.69) is 5.32 Å². The van der Waals surface area contributed by atoms with Crippen LogP contribution in [0.4, 0.5) is 10.1 Å². The van der Waals surface area contributed by atoms with Gasteiger partial charge in [0.1, 0.15) is 11.6 Å². The summed E-state index contributed by atoms with van der Waals surface area (Å²) in [7, 11) is 0. The number of amides is 1. The predicted octanol–water partition coefficient (Wildman–Crippen LogP) is 3.60. The Bertz CT molecular complexity index is 688. The van der Waals surface area contributed by atoms with Crippen molar-refractivity contribution in [1.29, 1.82) is 0 Å². The van der Waals surface area contributed by atoms with Crippen molar-refractivity contribution in [3.05, 3.63) is 59.4 Å². The lowest BCUT2D eigenvalue weighted by molar-refractivity contribution is -0.118. The van der Waals surface area contributed by atoms with Crippen molar-refractivity contribution in [2.45, 2.75) is 26.4 Å². The third-order valence-electron chi connectivity index (χ3n) is 3.40. The maximum absolute atomic E-state index is 13.1. The Kier molecular flexibility index (Phi) is 5.71. The molecule has 1 amide bonds. The Morgan fingerprint density at radius 3 is 2.74 bits per heavy atom. The average Bonchev–Trinajstić information content (AvgIpc) is 2.50. The summed E-state index contributed by atoms with van der Waals surface area (Å²) in [5.41, 5.74) is 1.90. The highest BCUT2D eigenvalue weighted by molar-refractivity contribution is 5.92. The molecule has 0 radical (unpaired) electrons. The fourth-order valence-corrected chi connectivity index (χ4v) is 2.24. The third-order valence-corrected chi connectivity index (χ3v) is 3.40. The first-order valence-corrected chi connectivity index (χ1v) is 7.46. The van der Waals surface area contributed by atoms with Gasteiger partial charge in [-0.2, -0.15) is 0 Å². The van der Waals surface area contributed by atoms with E-state index in [1.807, 2.05) is 19.9 Å². The van der Waals surface area contributed by atoms with Gasteiger partial charge in [-0.3, -0.25) is 4.79 Å². The van der Waals surface area contributed by atoms with Gasteiger partial charge in [-0.05, 0) is 55.3 Å². The van der Waals surface area contributed by atoms with Crippen molar-refractivity contribution in [3.63, 3.8) is 0 Å². The smallest absolute Gasteiger partial charge is 0.227 e. The van der Waals surface area contributed by atoms with Gasteiger partial charge in [0.05, 0.1) is 19.1 Å². The Morgan fingerprint density at radius 1 is 1.30 bits per heavy atom. The topological polar surface area (TPSA) is 58.6 Å². The van der Waals surface area contributed by atoms with Crippen LogP contribution in [0.5, 0.6) is 5.75 Å². The summed E-state index contributed by atoms with van der Waals surface area (Å²) < 4.78 is 18.5. The van der Waals surface area contributed by atoms with Gasteiger partial charge in [0.2, 0.25) is 5.91 Å². The molecule has 1 unspecified atom stereocenters. The number of aliphatic hydroxyl groups is 1. The maximum Gasteiger partial charge on any atom is 0.227 e. The van der Waals surface area contributed by atoms with Crippen LogP contribution in [0.1, 0.15) is 30.6 Å². The first-order valence-electron chi connectivity index (χ1n) is 7.46. The third kappa shape index (κ3) is 4.79. The lowest BCUT2D eigenvalue weighted by Gasteiger charge is -2.13. The molecular formula is C18H20FNO3. The summed E-state index contributed by atoms with van der Waals surface area (Å²) in [5.74, 6) is -0.0406. The fraction of sp³-hybridized carbons (Fsp3) is 0.278. The van der Waals surface area contributed by atoms with Crippen LogP contribution in [0.15, 0.2) is 42.5 Å². The van der Waals surface area contributed by atoms with Gasteiger partial charge in [0.25, 0.3) is 0 Å². The van der Waals surface area contributed by atoms with Crippen LogP contribution < -0.4 is 10.1 Å². The summed E-state index contributed by atoms with van der Waals surface area (Å²) in [6.45, 7) is 4.34. The van der Waals surface area contributed by atoms with Crippen molar-refractivity contribution in [2.75, 3.05) is 11.9 Å². The lowest BCUT2D eigenvalue weighted by atomic mass is 10.1. The van der Waals surface area contributed by atoms with Gasteiger partial charge in [-0.25, -0.2) is 4.39 Å². The van der Waals surface area contributed by atoms with E-state index >= 15 is 0 Å². The standard InChI is InChI=1S/C18H20FNO3/c1-3-23-15-7-8-16(12(2)9-15)20-18(22)11-17(21)13-5-4-6-14(19)10-13/h4-10,17,21H,3,11H2,1-2H3,(H,20,22). The van der Waals surface area contributed by atoms with E-state index in [4.69, 9.17) is 4.74 Å². The zero-order valence-corrected chi connectivity index (χ0v) is 13.2. The Balaban J connectivity index is 1.99. The molecule has 0 aliphatic heterocycles. The van der Waals surface area contributed by atoms with Gasteiger partial charge in [0, 0.05) is 5.69 Å². The second kappa shape index (κ2) is 7.74. The molecule has 122 valence electrons. The van der Waals surface area contributed by atoms with Crippen molar-refractivity contribution < 1.29 is 19.0 Å². The van der Waals surface area contributed by atoms with Crippen molar-refractivity contribution in [1.82, 2.24) is 0 Å². The Hall–Kier alpha value is -2.40. The maximum atomic E-state index is 13.1. The van der Waals surface area contributed by atoms with E-state index in [-0.39, 0.29) is 12.3 Å². The number of benzene rings is 2. The highest BCUT2D eigenvalue weighted by Gasteiger charge is 2.14. The normalized spacial score (nSPS) is 11.8. The van der Waals surface area contributed by atoms with Crippen LogP contribution in [-0.2, 0) is 4.79 Å².